The third kappa shape index (κ3) is 10.4. The first kappa shape index (κ1) is 56.7. The predicted molar refractivity (Wildman–Crippen MR) is 397 cm³/mol. The Morgan fingerprint density at radius 1 is 0.237 bits per heavy atom. The number of nitrogens with one attached hydrogen (secondary N) is 1. The number of para-hydroxylation sites is 2. The molecule has 0 radical (unpaired) electrons. The van der Waals surface area contributed by atoms with Crippen LogP contribution in [0.3, 0.4) is 0 Å². The average Bonchev–Trinajstić information content (AvgIpc) is 1.35. The topological polar surface area (TPSA) is 41.7 Å². The first-order chi connectivity index (χ1) is 46.1. The Bertz CT molecular complexity index is 4780. The molecule has 1 aromatic heterocycles. The van der Waals surface area contributed by atoms with E-state index in [2.05, 4.69) is 386 Å². The van der Waals surface area contributed by atoms with E-state index in [0.717, 1.165) is 50.2 Å². The van der Waals surface area contributed by atoms with Crippen molar-refractivity contribution in [3.05, 3.63) is 387 Å². The van der Waals surface area contributed by atoms with Crippen molar-refractivity contribution in [2.75, 3.05) is 0 Å². The highest BCUT2D eigenvalue weighted by Crippen LogP contribution is 2.34. The largest absolute Gasteiger partial charge is 0.331 e. The maximum absolute atomic E-state index is 5.81. The van der Waals surface area contributed by atoms with Crippen molar-refractivity contribution in [3.63, 3.8) is 0 Å². The van der Waals surface area contributed by atoms with Crippen molar-refractivity contribution in [1.82, 2.24) is 9.88 Å². The summed E-state index contributed by atoms with van der Waals surface area (Å²) in [6, 6.07) is 140. The molecule has 1 atom stereocenters. The van der Waals surface area contributed by atoms with E-state index >= 15 is 0 Å². The van der Waals surface area contributed by atoms with Gasteiger partial charge in [0.05, 0.1) is 11.0 Å². The molecule has 0 saturated heterocycles. The molecule has 1 N–H and O–H groups in total. The maximum Gasteiger partial charge on any atom is 0.204 e. The lowest BCUT2D eigenvalue weighted by Gasteiger charge is -2.39. The second-order valence-corrected chi connectivity index (χ2v) is 31.6. The van der Waals surface area contributed by atoms with Crippen LogP contribution in [0.5, 0.6) is 0 Å². The molecule has 14 aromatic carbocycles. The number of hydrogen-bond acceptors (Lipinski definition) is 3. The van der Waals surface area contributed by atoms with Crippen LogP contribution in [0, 0.1) is 0 Å². The van der Waals surface area contributed by atoms with Crippen molar-refractivity contribution in [2.45, 2.75) is 6.29 Å². The molecule has 15 aromatic rings. The van der Waals surface area contributed by atoms with Gasteiger partial charge in [-0.3, -0.25) is 0 Å². The molecule has 0 saturated carbocycles. The van der Waals surface area contributed by atoms with E-state index in [9.17, 15) is 0 Å². The summed E-state index contributed by atoms with van der Waals surface area (Å²) in [5.74, 6) is 1.39. The van der Waals surface area contributed by atoms with Crippen molar-refractivity contribution < 1.29 is 0 Å². The summed E-state index contributed by atoms with van der Waals surface area (Å²) in [6.45, 7) is 0. The average molecular weight is 1220 g/mol. The van der Waals surface area contributed by atoms with Gasteiger partial charge in [0.15, 0.2) is 22.0 Å². The highest BCUT2D eigenvalue weighted by molar-refractivity contribution is 7.22. The Morgan fingerprint density at radius 2 is 0.516 bits per heavy atom. The molecule has 6 heteroatoms. The van der Waals surface area contributed by atoms with Gasteiger partial charge in [0.25, 0.3) is 0 Å². The normalized spacial score (nSPS) is 13.3. The lowest BCUT2D eigenvalue weighted by atomic mass is 10.1. The molecule has 0 bridgehead atoms. The van der Waals surface area contributed by atoms with E-state index < -0.39 is 22.4 Å². The van der Waals surface area contributed by atoms with Gasteiger partial charge in [0, 0.05) is 21.9 Å². The maximum atomic E-state index is 5.81. The first-order valence-electron chi connectivity index (χ1n) is 32.0. The van der Waals surface area contributed by atoms with Crippen LogP contribution in [0.2, 0.25) is 0 Å². The van der Waals surface area contributed by atoms with E-state index in [1.54, 1.807) is 0 Å². The number of rotatable bonds is 15. The van der Waals surface area contributed by atoms with Crippen LogP contribution in [0.4, 0.5) is 0 Å². The molecule has 0 fully saturated rings. The van der Waals surface area contributed by atoms with E-state index in [0.29, 0.717) is 5.84 Å². The number of fused-ring (bicyclic) bond motifs is 3. The molecule has 0 spiro atoms. The molecule has 1 unspecified atom stereocenters. The Hall–Kier alpha value is -11.5. The van der Waals surface area contributed by atoms with E-state index in [4.69, 9.17) is 9.98 Å². The van der Waals surface area contributed by atoms with Crippen LogP contribution in [0.15, 0.2) is 386 Å². The molecule has 4 nitrogen and oxygen atoms in total. The fourth-order valence-electron chi connectivity index (χ4n) is 14.5. The van der Waals surface area contributed by atoms with Crippen molar-refractivity contribution in [1.29, 1.82) is 0 Å². The zero-order chi connectivity index (χ0) is 62.0. The van der Waals surface area contributed by atoms with Crippen molar-refractivity contribution >= 4 is 91.1 Å². The number of hydrogen-bond donors (Lipinski definition) is 1. The van der Waals surface area contributed by atoms with Crippen LogP contribution in [-0.2, 0) is 0 Å². The summed E-state index contributed by atoms with van der Waals surface area (Å²) in [7, 11) is -7.17. The third-order valence-corrected chi connectivity index (χ3v) is 28.1. The van der Waals surface area contributed by atoms with Crippen LogP contribution in [0.1, 0.15) is 17.4 Å². The molecule has 93 heavy (non-hydrogen) atoms. The minimum absolute atomic E-state index is 0.591. The van der Waals surface area contributed by atoms with Gasteiger partial charge in [-0.15, -0.1) is 0 Å². The molecule has 1 aliphatic rings. The number of aromatic nitrogens is 1. The summed E-state index contributed by atoms with van der Waals surface area (Å²) in [4.78, 5) is 11.5. The Kier molecular flexibility index (Phi) is 15.0. The zero-order valence-electron chi connectivity index (χ0n) is 51.2. The second kappa shape index (κ2) is 24.7. The summed E-state index contributed by atoms with van der Waals surface area (Å²) in [6.07, 6.45) is -0.591. The van der Waals surface area contributed by atoms with E-state index in [1.807, 2.05) is 0 Å². The Labute approximate surface area is 545 Å². The predicted octanol–water partition coefficient (Wildman–Crippen LogP) is 15.2. The van der Waals surface area contributed by atoms with Crippen LogP contribution in [0.25, 0.3) is 66.3 Å². The van der Waals surface area contributed by atoms with Crippen LogP contribution < -0.4 is 46.8 Å². The number of aliphatic imine (C=N–C) groups is 2. The van der Waals surface area contributed by atoms with Gasteiger partial charge in [-0.1, -0.05) is 364 Å². The molecule has 0 amide bonds. The number of amidine groups is 2. The molecular weight excluding hydrogens is 1160 g/mol. The third-order valence-electron chi connectivity index (χ3n) is 18.7. The Morgan fingerprint density at radius 3 is 0.871 bits per heavy atom. The second-order valence-electron chi connectivity index (χ2n) is 24.0. The van der Waals surface area contributed by atoms with Crippen LogP contribution in [-0.4, -0.2) is 32.4 Å². The fraction of sp³-hybridized carbons (Fsp3) is 0.0115. The minimum atomic E-state index is -3.58. The van der Waals surface area contributed by atoms with Gasteiger partial charge >= 0.3 is 0 Å². The summed E-state index contributed by atoms with van der Waals surface area (Å²) >= 11 is 0. The van der Waals surface area contributed by atoms with Crippen molar-refractivity contribution in [2.24, 2.45) is 9.98 Å². The molecular formula is C87H64N4Si2. The van der Waals surface area contributed by atoms with E-state index in [-0.39, 0.29) is 0 Å². The van der Waals surface area contributed by atoms with Gasteiger partial charge in [-0.25, -0.2) is 9.98 Å². The van der Waals surface area contributed by atoms with Crippen molar-refractivity contribution in [3.8, 4) is 44.5 Å². The Balaban J connectivity index is 1.07. The quantitative estimate of drug-likeness (QED) is 0.0807. The van der Waals surface area contributed by atoms with Gasteiger partial charge in [0.2, 0.25) is 6.29 Å². The van der Waals surface area contributed by atoms with Gasteiger partial charge in [0.1, 0.15) is 5.84 Å². The molecule has 1 aliphatic heterocycles. The summed E-state index contributed by atoms with van der Waals surface area (Å²) in [5.41, 5.74) is 13.4. The van der Waals surface area contributed by atoms with E-state index in [1.165, 1.54) is 74.5 Å². The number of benzene rings is 14. The zero-order valence-corrected chi connectivity index (χ0v) is 53.2. The van der Waals surface area contributed by atoms with Crippen LogP contribution >= 0.6 is 0 Å². The first-order valence-corrected chi connectivity index (χ1v) is 36.0. The lowest BCUT2D eigenvalue weighted by molar-refractivity contribution is 0.516. The summed E-state index contributed by atoms with van der Waals surface area (Å²) in [5, 5.41) is 16.5. The smallest absolute Gasteiger partial charge is 0.204 e. The number of nitrogens with zero attached hydrogens (tertiary/aromatic N) is 3. The standard InChI is InChI=1S/C87H64N4Si2/c1-8-30-63(31-9-1)68-40-26-48-75(56-68)92(73-44-18-6-19-45-73,76-49-27-41-69(57-76)64-32-10-2-11-33-64)79-60-72(86-88-85(67-38-16-5-17-39-67)89-87(90-86)91-83-54-24-22-52-81(83)82-53-23-25-55-84(82)91)61-80(62-79)93(74-46-20-7-21-47-74,77-50-28-42-70(58-77)65-34-12-3-13-35-65)78-51-29-43-71(59-78)66-36-14-4-15-37-66/h1-62,87H,(H,88,89,90). The van der Waals surface area contributed by atoms with Gasteiger partial charge < -0.3 is 9.88 Å². The molecule has 440 valence electrons. The monoisotopic (exact) mass is 1220 g/mol. The SMILES string of the molecule is c1ccc(C2=NC(n3c4ccccc4c4ccccc43)NC(c3cc([Si](c4ccccc4)(c4cccc(-c5ccccc5)c4)c4cccc(-c5ccccc5)c4)cc([Si](c4ccccc4)(c4cccc(-c5ccccc5)c4)c4cccc(-c5ccccc5)c4)c3)=N2)cc1. The van der Waals surface area contributed by atoms with Gasteiger partial charge in [-0.2, -0.15) is 0 Å². The molecule has 0 aliphatic carbocycles. The summed E-state index contributed by atoms with van der Waals surface area (Å²) < 4.78 is 2.37. The molecule has 2 heterocycles. The highest BCUT2D eigenvalue weighted by atomic mass is 28.3. The lowest BCUT2D eigenvalue weighted by Crippen LogP contribution is -2.78. The highest BCUT2D eigenvalue weighted by Gasteiger charge is 2.47. The minimum Gasteiger partial charge on any atom is -0.331 e. The molecule has 16 rings (SSSR count). The fourth-order valence-corrected chi connectivity index (χ4v) is 24.4. The van der Waals surface area contributed by atoms with Gasteiger partial charge in [-0.05, 0) is 98.1 Å².